The van der Waals surface area contributed by atoms with Gasteiger partial charge in [-0.25, -0.2) is 0 Å². The van der Waals surface area contributed by atoms with Crippen LogP contribution in [0.15, 0.2) is 12.2 Å². The molecule has 5 rings (SSSR count). The van der Waals surface area contributed by atoms with E-state index in [-0.39, 0.29) is 29.5 Å². The topological polar surface area (TPSA) is 107 Å². The number of carbonyl (C=O) groups excluding carboxylic acids is 1. The van der Waals surface area contributed by atoms with E-state index >= 15 is 0 Å². The SMILES string of the molecule is C=C1C(=O)[C@@]23[C@H](O)C[C@@H]4[C@@]5(C)CC[C@H](O)[C@]4([C@@H]2CC[C@@H]1[C@H]3O)[C@@H](O)OC5. The Morgan fingerprint density at radius 1 is 1.08 bits per heavy atom. The van der Waals surface area contributed by atoms with Crippen molar-refractivity contribution in [3.8, 4) is 0 Å². The van der Waals surface area contributed by atoms with E-state index < -0.39 is 41.3 Å². The molecule has 1 spiro atoms. The first-order chi connectivity index (χ1) is 12.2. The fourth-order valence-corrected chi connectivity index (χ4v) is 7.83. The van der Waals surface area contributed by atoms with Crippen molar-refractivity contribution in [1.82, 2.24) is 0 Å². The first-order valence-corrected chi connectivity index (χ1v) is 9.79. The van der Waals surface area contributed by atoms with Gasteiger partial charge in [0, 0.05) is 5.92 Å². The average molecular weight is 364 g/mol. The summed E-state index contributed by atoms with van der Waals surface area (Å²) < 4.78 is 5.76. The molecule has 6 nitrogen and oxygen atoms in total. The molecule has 0 radical (unpaired) electrons. The Balaban J connectivity index is 1.76. The fraction of sp³-hybridized carbons (Fsp3) is 0.850. The summed E-state index contributed by atoms with van der Waals surface area (Å²) >= 11 is 0. The first kappa shape index (κ1) is 17.3. The normalized spacial score (nSPS) is 61.2. The maximum absolute atomic E-state index is 13.3. The molecule has 4 saturated carbocycles. The number of ether oxygens (including phenoxy) is 1. The second-order valence-corrected chi connectivity index (χ2v) is 9.64. The third-order valence-electron chi connectivity index (χ3n) is 8.97. The summed E-state index contributed by atoms with van der Waals surface area (Å²) in [6, 6.07) is 0. The molecule has 0 unspecified atom stereocenters. The van der Waals surface area contributed by atoms with E-state index in [1.807, 2.05) is 0 Å². The number of fused-ring (bicyclic) bond motifs is 1. The highest BCUT2D eigenvalue weighted by Crippen LogP contribution is 2.73. The third kappa shape index (κ3) is 1.54. The summed E-state index contributed by atoms with van der Waals surface area (Å²) in [7, 11) is 0. The lowest BCUT2D eigenvalue weighted by Gasteiger charge is -2.70. The van der Waals surface area contributed by atoms with Crippen LogP contribution in [0.3, 0.4) is 0 Å². The van der Waals surface area contributed by atoms with Gasteiger partial charge in [-0.2, -0.15) is 0 Å². The Labute approximate surface area is 152 Å². The number of aliphatic hydroxyl groups is 4. The van der Waals surface area contributed by atoms with Crippen molar-refractivity contribution in [2.24, 2.45) is 34.0 Å². The summed E-state index contributed by atoms with van der Waals surface area (Å²) in [4.78, 5) is 13.3. The molecular weight excluding hydrogens is 336 g/mol. The molecule has 1 saturated heterocycles. The number of Topliss-reactive ketones (excluding diaryl/α,β-unsaturated/α-hetero) is 1. The number of aliphatic hydroxyl groups excluding tert-OH is 4. The Morgan fingerprint density at radius 3 is 2.54 bits per heavy atom. The number of hydrogen-bond acceptors (Lipinski definition) is 6. The van der Waals surface area contributed by atoms with Gasteiger partial charge in [0.2, 0.25) is 0 Å². The Hall–Kier alpha value is -0.790. The van der Waals surface area contributed by atoms with Crippen molar-refractivity contribution in [2.75, 3.05) is 6.61 Å². The Morgan fingerprint density at radius 2 is 1.81 bits per heavy atom. The predicted molar refractivity (Wildman–Crippen MR) is 90.7 cm³/mol. The van der Waals surface area contributed by atoms with Crippen LogP contribution in [0.2, 0.25) is 0 Å². The molecule has 0 aromatic heterocycles. The van der Waals surface area contributed by atoms with Crippen LogP contribution < -0.4 is 0 Å². The predicted octanol–water partition coefficient (Wildman–Crippen LogP) is 0.376. The summed E-state index contributed by atoms with van der Waals surface area (Å²) in [5.41, 5.74) is -2.29. The second kappa shape index (κ2) is 4.97. The van der Waals surface area contributed by atoms with Gasteiger partial charge in [-0.1, -0.05) is 13.5 Å². The zero-order chi connectivity index (χ0) is 18.6. The monoisotopic (exact) mass is 364 g/mol. The van der Waals surface area contributed by atoms with E-state index in [4.69, 9.17) is 4.74 Å². The molecule has 4 bridgehead atoms. The zero-order valence-corrected chi connectivity index (χ0v) is 15.1. The Kier molecular flexibility index (Phi) is 3.31. The smallest absolute Gasteiger partial charge is 0.170 e. The summed E-state index contributed by atoms with van der Waals surface area (Å²) in [5.74, 6) is -1.30. The van der Waals surface area contributed by atoms with Gasteiger partial charge in [-0.05, 0) is 54.9 Å². The van der Waals surface area contributed by atoms with Gasteiger partial charge < -0.3 is 25.2 Å². The van der Waals surface area contributed by atoms with Crippen molar-refractivity contribution in [3.05, 3.63) is 12.2 Å². The van der Waals surface area contributed by atoms with Crippen LogP contribution in [0.25, 0.3) is 0 Å². The van der Waals surface area contributed by atoms with Crippen molar-refractivity contribution in [1.29, 1.82) is 0 Å². The van der Waals surface area contributed by atoms with Crippen molar-refractivity contribution in [2.45, 2.75) is 63.6 Å². The molecule has 6 heteroatoms. The first-order valence-electron chi connectivity index (χ1n) is 9.79. The van der Waals surface area contributed by atoms with Crippen LogP contribution in [0.1, 0.15) is 39.0 Å². The molecule has 5 fully saturated rings. The lowest BCUT2D eigenvalue weighted by Crippen LogP contribution is -2.76. The van der Waals surface area contributed by atoms with Crippen LogP contribution in [0.4, 0.5) is 0 Å². The van der Waals surface area contributed by atoms with Crippen molar-refractivity contribution < 1.29 is 30.0 Å². The molecule has 1 heterocycles. The molecule has 10 atom stereocenters. The molecule has 4 aliphatic carbocycles. The molecule has 4 N–H and O–H groups in total. The van der Waals surface area contributed by atoms with Crippen LogP contribution in [-0.4, -0.2) is 57.4 Å². The van der Waals surface area contributed by atoms with Gasteiger partial charge in [0.05, 0.1) is 35.7 Å². The highest BCUT2D eigenvalue weighted by molar-refractivity contribution is 6.04. The average Bonchev–Trinajstić information content (AvgIpc) is 2.71. The molecule has 144 valence electrons. The van der Waals surface area contributed by atoms with Crippen molar-refractivity contribution >= 4 is 5.78 Å². The van der Waals surface area contributed by atoms with Crippen molar-refractivity contribution in [3.63, 3.8) is 0 Å². The van der Waals surface area contributed by atoms with Crippen LogP contribution in [0, 0.1) is 34.0 Å². The minimum absolute atomic E-state index is 0.154. The van der Waals surface area contributed by atoms with E-state index in [9.17, 15) is 25.2 Å². The van der Waals surface area contributed by atoms with Crippen LogP contribution in [0.5, 0.6) is 0 Å². The van der Waals surface area contributed by atoms with Gasteiger partial charge >= 0.3 is 0 Å². The van der Waals surface area contributed by atoms with E-state index in [1.54, 1.807) is 0 Å². The van der Waals surface area contributed by atoms with E-state index in [2.05, 4.69) is 13.5 Å². The molecule has 0 aromatic carbocycles. The number of hydrogen-bond donors (Lipinski definition) is 4. The lowest BCUT2D eigenvalue weighted by molar-refractivity contribution is -0.369. The minimum atomic E-state index is -1.38. The maximum Gasteiger partial charge on any atom is 0.170 e. The van der Waals surface area contributed by atoms with Crippen LogP contribution in [-0.2, 0) is 9.53 Å². The number of rotatable bonds is 0. The molecule has 26 heavy (non-hydrogen) atoms. The standard InChI is InChI=1S/C20H28O6/c1-9-10-3-4-11-19-12(7-14(22)20(11,15(9)23)16(10)24)18(2,6-5-13(19)21)8-26-17(19)25/h10-14,16-17,21-22,24-25H,1,3-8H2,2H3/t10-,11-,12+,13-,14+,16+,17-,18-,19+,20-/m0/s1. The fourth-order valence-electron chi connectivity index (χ4n) is 7.83. The highest BCUT2D eigenvalue weighted by atomic mass is 16.6. The van der Waals surface area contributed by atoms with Gasteiger partial charge in [0.15, 0.2) is 12.1 Å². The second-order valence-electron chi connectivity index (χ2n) is 9.64. The number of ketones is 1. The summed E-state index contributed by atoms with van der Waals surface area (Å²) in [6.45, 7) is 6.38. The molecule has 0 aromatic rings. The maximum atomic E-state index is 13.3. The van der Waals surface area contributed by atoms with Gasteiger partial charge in [0.25, 0.3) is 0 Å². The molecular formula is C20H28O6. The van der Waals surface area contributed by atoms with Gasteiger partial charge in [-0.3, -0.25) is 4.79 Å². The number of carbonyl (C=O) groups is 1. The summed E-state index contributed by atoms with van der Waals surface area (Å²) in [6.07, 6.45) is -1.32. The minimum Gasteiger partial charge on any atom is -0.392 e. The largest absolute Gasteiger partial charge is 0.392 e. The highest BCUT2D eigenvalue weighted by Gasteiger charge is 2.79. The van der Waals surface area contributed by atoms with Gasteiger partial charge in [0.1, 0.15) is 0 Å². The lowest BCUT2D eigenvalue weighted by atomic mass is 9.37. The molecule has 5 aliphatic rings. The molecule has 1 aliphatic heterocycles. The Bertz CT molecular complexity index is 674. The van der Waals surface area contributed by atoms with E-state index in [0.29, 0.717) is 31.4 Å². The van der Waals surface area contributed by atoms with Gasteiger partial charge in [-0.15, -0.1) is 0 Å². The van der Waals surface area contributed by atoms with E-state index in [0.717, 1.165) is 6.42 Å². The summed E-state index contributed by atoms with van der Waals surface area (Å²) in [5, 5.41) is 44.4. The van der Waals surface area contributed by atoms with Crippen LogP contribution >= 0.6 is 0 Å². The quantitative estimate of drug-likeness (QED) is 0.463. The third-order valence-corrected chi connectivity index (χ3v) is 8.97. The zero-order valence-electron chi connectivity index (χ0n) is 15.1. The molecule has 0 amide bonds. The van der Waals surface area contributed by atoms with E-state index in [1.165, 1.54) is 0 Å².